The Morgan fingerprint density at radius 1 is 1.40 bits per heavy atom. The molecule has 4 nitrogen and oxygen atoms in total. The number of carbonyl (C=O) groups is 1. The second kappa shape index (κ2) is 7.95. The number of likely N-dealkylation sites (N-methyl/N-ethyl adjacent to an activating group) is 2. The van der Waals surface area contributed by atoms with Gasteiger partial charge in [0.15, 0.2) is 0 Å². The number of thiophene rings is 1. The minimum absolute atomic E-state index is 0.00575. The van der Waals surface area contributed by atoms with Gasteiger partial charge in [0.25, 0.3) is 0 Å². The van der Waals surface area contributed by atoms with Gasteiger partial charge in [0.05, 0.1) is 6.61 Å². The van der Waals surface area contributed by atoms with Crippen molar-refractivity contribution in [2.75, 3.05) is 20.6 Å². The van der Waals surface area contributed by atoms with E-state index in [4.69, 9.17) is 5.11 Å². The van der Waals surface area contributed by atoms with Gasteiger partial charge < -0.3 is 10.0 Å². The lowest BCUT2D eigenvalue weighted by atomic mass is 9.94. The minimum Gasteiger partial charge on any atom is -0.392 e. The van der Waals surface area contributed by atoms with Crippen LogP contribution in [-0.2, 0) is 24.4 Å². The maximum Gasteiger partial charge on any atom is 0.246 e. The van der Waals surface area contributed by atoms with Crippen molar-refractivity contribution >= 4 is 23.3 Å². The zero-order chi connectivity index (χ0) is 17.8. The highest BCUT2D eigenvalue weighted by atomic mass is 32.1. The first-order valence-electron chi connectivity index (χ1n) is 8.45. The first-order chi connectivity index (χ1) is 12.1. The lowest BCUT2D eigenvalue weighted by Crippen LogP contribution is -2.45. The summed E-state index contributed by atoms with van der Waals surface area (Å²) in [5.74, 6) is 0.00575. The Hall–Kier alpha value is -1.95. The summed E-state index contributed by atoms with van der Waals surface area (Å²) < 4.78 is 0. The van der Waals surface area contributed by atoms with Crippen LogP contribution in [0.3, 0.4) is 0 Å². The lowest BCUT2D eigenvalue weighted by Gasteiger charge is -2.36. The van der Waals surface area contributed by atoms with Crippen LogP contribution >= 0.6 is 11.3 Å². The van der Waals surface area contributed by atoms with E-state index in [1.165, 1.54) is 22.5 Å². The van der Waals surface area contributed by atoms with Crippen molar-refractivity contribution in [2.45, 2.75) is 25.6 Å². The zero-order valence-corrected chi connectivity index (χ0v) is 15.5. The quantitative estimate of drug-likeness (QED) is 0.838. The molecule has 3 rings (SSSR count). The smallest absolute Gasteiger partial charge is 0.246 e. The normalized spacial score (nSPS) is 17.6. The Kier molecular flexibility index (Phi) is 5.68. The van der Waals surface area contributed by atoms with Crippen LogP contribution in [0.4, 0.5) is 0 Å². The van der Waals surface area contributed by atoms with Crippen molar-refractivity contribution in [2.24, 2.45) is 0 Å². The standard InChI is InChI=1S/C20H24N2O2S/c1-21-11-17-6-4-3-5-16(17)10-18(21)12-22(2)20(24)8-7-19-9-15(13-23)14-25-19/h3-9,14,18,23H,10-13H2,1-2H3/b8-7+. The van der Waals surface area contributed by atoms with Gasteiger partial charge >= 0.3 is 0 Å². The molecule has 0 aliphatic carbocycles. The van der Waals surface area contributed by atoms with E-state index in [9.17, 15) is 4.79 Å². The molecule has 0 fully saturated rings. The van der Waals surface area contributed by atoms with Crippen molar-refractivity contribution in [1.29, 1.82) is 0 Å². The molecule has 1 aliphatic rings. The number of aliphatic hydroxyl groups is 1. The van der Waals surface area contributed by atoms with Gasteiger partial charge in [-0.15, -0.1) is 11.3 Å². The maximum absolute atomic E-state index is 12.4. The summed E-state index contributed by atoms with van der Waals surface area (Å²) in [4.78, 5) is 17.5. The van der Waals surface area contributed by atoms with Gasteiger partial charge in [0.1, 0.15) is 0 Å². The van der Waals surface area contributed by atoms with E-state index in [1.54, 1.807) is 11.0 Å². The Morgan fingerprint density at radius 2 is 2.16 bits per heavy atom. The second-order valence-corrected chi connectivity index (χ2v) is 7.55. The monoisotopic (exact) mass is 356 g/mol. The van der Waals surface area contributed by atoms with Gasteiger partial charge in [-0.25, -0.2) is 0 Å². The van der Waals surface area contributed by atoms with E-state index in [1.807, 2.05) is 24.6 Å². The predicted octanol–water partition coefficient (Wildman–Crippen LogP) is 2.77. The number of hydrogen-bond acceptors (Lipinski definition) is 4. The van der Waals surface area contributed by atoms with Gasteiger partial charge in [-0.3, -0.25) is 9.69 Å². The SMILES string of the molecule is CN(CC1Cc2ccccc2CN1C)C(=O)/C=C/c1cc(CO)cs1. The zero-order valence-electron chi connectivity index (χ0n) is 14.7. The fraction of sp³-hybridized carbons (Fsp3) is 0.350. The third-order valence-electron chi connectivity index (χ3n) is 4.72. The van der Waals surface area contributed by atoms with E-state index in [2.05, 4.69) is 36.2 Å². The third-order valence-corrected chi connectivity index (χ3v) is 5.67. The number of aliphatic hydroxyl groups excluding tert-OH is 1. The molecule has 1 unspecified atom stereocenters. The van der Waals surface area contributed by atoms with Gasteiger partial charge in [-0.2, -0.15) is 0 Å². The summed E-state index contributed by atoms with van der Waals surface area (Å²) >= 11 is 1.53. The summed E-state index contributed by atoms with van der Waals surface area (Å²) in [5.41, 5.74) is 3.65. The molecule has 1 N–H and O–H groups in total. The van der Waals surface area contributed by atoms with Crippen LogP contribution in [0.1, 0.15) is 21.6 Å². The molecule has 0 saturated heterocycles. The Morgan fingerprint density at radius 3 is 2.88 bits per heavy atom. The number of rotatable bonds is 5. The van der Waals surface area contributed by atoms with Crippen molar-refractivity contribution in [1.82, 2.24) is 9.80 Å². The number of benzene rings is 1. The van der Waals surface area contributed by atoms with Crippen molar-refractivity contribution in [3.05, 3.63) is 63.4 Å². The number of hydrogen-bond donors (Lipinski definition) is 1. The van der Waals surface area contributed by atoms with Crippen molar-refractivity contribution in [3.63, 3.8) is 0 Å². The van der Waals surface area contributed by atoms with Crippen LogP contribution < -0.4 is 0 Å². The highest BCUT2D eigenvalue weighted by Crippen LogP contribution is 2.22. The molecule has 2 aromatic rings. The number of nitrogens with zero attached hydrogens (tertiary/aromatic N) is 2. The molecule has 1 amide bonds. The van der Waals surface area contributed by atoms with Gasteiger partial charge in [0, 0.05) is 37.1 Å². The van der Waals surface area contributed by atoms with Crippen LogP contribution in [-0.4, -0.2) is 47.5 Å². The fourth-order valence-electron chi connectivity index (χ4n) is 3.17. The third kappa shape index (κ3) is 4.37. The van der Waals surface area contributed by atoms with Gasteiger partial charge in [0.2, 0.25) is 5.91 Å². The van der Waals surface area contributed by atoms with Crippen LogP contribution in [0.25, 0.3) is 6.08 Å². The van der Waals surface area contributed by atoms with E-state index in [0.717, 1.165) is 23.4 Å². The molecule has 0 spiro atoms. The molecule has 5 heteroatoms. The van der Waals surface area contributed by atoms with E-state index >= 15 is 0 Å². The lowest BCUT2D eigenvalue weighted by molar-refractivity contribution is -0.125. The summed E-state index contributed by atoms with van der Waals surface area (Å²) in [6.45, 7) is 1.67. The van der Waals surface area contributed by atoms with E-state index in [-0.39, 0.29) is 12.5 Å². The summed E-state index contributed by atoms with van der Waals surface area (Å²) in [6, 6.07) is 10.8. The molecule has 132 valence electrons. The molecule has 1 aromatic carbocycles. The Bertz CT molecular complexity index is 769. The average Bonchev–Trinajstić information content (AvgIpc) is 3.08. The fourth-order valence-corrected chi connectivity index (χ4v) is 3.97. The first-order valence-corrected chi connectivity index (χ1v) is 9.33. The average molecular weight is 356 g/mol. The topological polar surface area (TPSA) is 43.8 Å². The molecule has 1 atom stereocenters. The number of fused-ring (bicyclic) bond motifs is 1. The van der Waals surface area contributed by atoms with Crippen LogP contribution in [0.2, 0.25) is 0 Å². The van der Waals surface area contributed by atoms with E-state index in [0.29, 0.717) is 12.6 Å². The van der Waals surface area contributed by atoms with Crippen LogP contribution in [0, 0.1) is 0 Å². The Balaban J connectivity index is 1.59. The summed E-state index contributed by atoms with van der Waals surface area (Å²) in [6.07, 6.45) is 4.41. The molecule has 2 heterocycles. The molecule has 0 radical (unpaired) electrons. The van der Waals surface area contributed by atoms with Gasteiger partial charge in [-0.1, -0.05) is 24.3 Å². The molecule has 0 bridgehead atoms. The molecule has 1 aliphatic heterocycles. The summed E-state index contributed by atoms with van der Waals surface area (Å²) in [5, 5.41) is 11.0. The molecular formula is C20H24N2O2S. The van der Waals surface area contributed by atoms with Gasteiger partial charge in [-0.05, 0) is 47.7 Å². The van der Waals surface area contributed by atoms with Crippen LogP contribution in [0.15, 0.2) is 41.8 Å². The minimum atomic E-state index is 0.00575. The Labute approximate surface area is 153 Å². The first kappa shape index (κ1) is 17.9. The maximum atomic E-state index is 12.4. The van der Waals surface area contributed by atoms with E-state index < -0.39 is 0 Å². The molecule has 1 aromatic heterocycles. The van der Waals surface area contributed by atoms with Crippen molar-refractivity contribution < 1.29 is 9.90 Å². The predicted molar refractivity (Wildman–Crippen MR) is 102 cm³/mol. The summed E-state index contributed by atoms with van der Waals surface area (Å²) in [7, 11) is 3.98. The highest BCUT2D eigenvalue weighted by molar-refractivity contribution is 7.11. The second-order valence-electron chi connectivity index (χ2n) is 6.61. The highest BCUT2D eigenvalue weighted by Gasteiger charge is 2.24. The number of carbonyl (C=O) groups excluding carboxylic acids is 1. The molecule has 0 saturated carbocycles. The largest absolute Gasteiger partial charge is 0.392 e. The molecule has 25 heavy (non-hydrogen) atoms. The molecular weight excluding hydrogens is 332 g/mol. The van der Waals surface area contributed by atoms with Crippen molar-refractivity contribution in [3.8, 4) is 0 Å². The van der Waals surface area contributed by atoms with Crippen LogP contribution in [0.5, 0.6) is 0 Å². The number of amides is 1.